The molecule has 2 N–H and O–H groups in total. The standard InChI is InChI=1S/C14H21N3O/c1-14(2,8-9-15)17-10-13(18)16(3)11-6-4-5-7-12(11)17/h4-7H,8-10,15H2,1-3H3. The molecule has 1 aliphatic rings. The normalized spacial score (nSPS) is 15.9. The van der Waals surface area contributed by atoms with Crippen molar-refractivity contribution in [3.63, 3.8) is 0 Å². The average molecular weight is 247 g/mol. The number of fused-ring (bicyclic) bond motifs is 1. The maximum Gasteiger partial charge on any atom is 0.246 e. The Balaban J connectivity index is 2.45. The number of carbonyl (C=O) groups is 1. The van der Waals surface area contributed by atoms with Crippen LogP contribution in [0.3, 0.4) is 0 Å². The van der Waals surface area contributed by atoms with Crippen LogP contribution in [0.5, 0.6) is 0 Å². The number of carbonyl (C=O) groups excluding carboxylic acids is 1. The first-order valence-corrected chi connectivity index (χ1v) is 6.30. The second-order valence-corrected chi connectivity index (χ2v) is 5.38. The van der Waals surface area contributed by atoms with Crippen LogP contribution in [0, 0.1) is 0 Å². The number of rotatable bonds is 3. The lowest BCUT2D eigenvalue weighted by atomic mass is 9.95. The predicted molar refractivity (Wildman–Crippen MR) is 74.9 cm³/mol. The van der Waals surface area contributed by atoms with Crippen LogP contribution in [0.4, 0.5) is 11.4 Å². The molecule has 0 unspecified atom stereocenters. The highest BCUT2D eigenvalue weighted by atomic mass is 16.2. The van der Waals surface area contributed by atoms with Crippen LogP contribution in [-0.4, -0.2) is 31.6 Å². The van der Waals surface area contributed by atoms with E-state index in [0.717, 1.165) is 17.8 Å². The van der Waals surface area contributed by atoms with Crippen molar-refractivity contribution in [2.45, 2.75) is 25.8 Å². The molecule has 18 heavy (non-hydrogen) atoms. The van der Waals surface area contributed by atoms with Crippen LogP contribution in [0.1, 0.15) is 20.3 Å². The quantitative estimate of drug-likeness (QED) is 0.882. The highest BCUT2D eigenvalue weighted by molar-refractivity contribution is 6.03. The van der Waals surface area contributed by atoms with Gasteiger partial charge in [0.2, 0.25) is 5.91 Å². The number of amides is 1. The van der Waals surface area contributed by atoms with Gasteiger partial charge in [-0.15, -0.1) is 0 Å². The topological polar surface area (TPSA) is 49.6 Å². The van der Waals surface area contributed by atoms with Crippen molar-refractivity contribution in [2.24, 2.45) is 5.73 Å². The molecule has 0 bridgehead atoms. The summed E-state index contributed by atoms with van der Waals surface area (Å²) in [6.45, 7) is 5.31. The zero-order chi connectivity index (χ0) is 13.3. The van der Waals surface area contributed by atoms with E-state index < -0.39 is 0 Å². The van der Waals surface area contributed by atoms with Gasteiger partial charge in [0.25, 0.3) is 0 Å². The van der Waals surface area contributed by atoms with Crippen LogP contribution in [0.15, 0.2) is 24.3 Å². The largest absolute Gasteiger partial charge is 0.355 e. The van der Waals surface area contributed by atoms with Gasteiger partial charge in [-0.2, -0.15) is 0 Å². The van der Waals surface area contributed by atoms with Crippen molar-refractivity contribution >= 4 is 17.3 Å². The highest BCUT2D eigenvalue weighted by Crippen LogP contribution is 2.37. The lowest BCUT2D eigenvalue weighted by Gasteiger charge is -2.45. The number of likely N-dealkylation sites (N-methyl/N-ethyl adjacent to an activating group) is 1. The van der Waals surface area contributed by atoms with E-state index in [4.69, 9.17) is 5.73 Å². The summed E-state index contributed by atoms with van der Waals surface area (Å²) in [4.78, 5) is 16.0. The molecule has 1 aromatic rings. The molecule has 1 amide bonds. The fraction of sp³-hybridized carbons (Fsp3) is 0.500. The summed E-state index contributed by atoms with van der Waals surface area (Å²) in [5.74, 6) is 0.124. The third-order valence-corrected chi connectivity index (χ3v) is 3.69. The van der Waals surface area contributed by atoms with Crippen LogP contribution < -0.4 is 15.5 Å². The summed E-state index contributed by atoms with van der Waals surface area (Å²) in [5.41, 5.74) is 7.65. The van der Waals surface area contributed by atoms with Crippen molar-refractivity contribution in [2.75, 3.05) is 29.9 Å². The number of anilines is 2. The predicted octanol–water partition coefficient (Wildman–Crippen LogP) is 1.60. The number of benzene rings is 1. The Morgan fingerprint density at radius 1 is 1.28 bits per heavy atom. The van der Waals surface area contributed by atoms with Crippen molar-refractivity contribution in [3.05, 3.63) is 24.3 Å². The Kier molecular flexibility index (Phi) is 3.30. The number of para-hydroxylation sites is 2. The molecule has 0 saturated heterocycles. The van der Waals surface area contributed by atoms with Gasteiger partial charge in [-0.25, -0.2) is 0 Å². The Morgan fingerprint density at radius 3 is 2.50 bits per heavy atom. The van der Waals surface area contributed by atoms with E-state index in [1.165, 1.54) is 0 Å². The van der Waals surface area contributed by atoms with Gasteiger partial charge in [0.05, 0.1) is 17.9 Å². The van der Waals surface area contributed by atoms with Crippen LogP contribution in [0.2, 0.25) is 0 Å². The summed E-state index contributed by atoms with van der Waals surface area (Å²) >= 11 is 0. The molecule has 0 atom stereocenters. The van der Waals surface area contributed by atoms with E-state index >= 15 is 0 Å². The molecular formula is C14H21N3O. The van der Waals surface area contributed by atoms with Gasteiger partial charge in [-0.3, -0.25) is 4.79 Å². The Morgan fingerprint density at radius 2 is 1.89 bits per heavy atom. The Bertz CT molecular complexity index is 456. The molecule has 1 heterocycles. The maximum atomic E-state index is 12.1. The van der Waals surface area contributed by atoms with Gasteiger partial charge in [-0.1, -0.05) is 12.1 Å². The number of nitrogens with zero attached hydrogens (tertiary/aromatic N) is 2. The molecule has 0 spiro atoms. The van der Waals surface area contributed by atoms with Gasteiger partial charge < -0.3 is 15.5 Å². The van der Waals surface area contributed by atoms with E-state index in [2.05, 4.69) is 24.8 Å². The fourth-order valence-electron chi connectivity index (χ4n) is 2.47. The Labute approximate surface area is 108 Å². The Hall–Kier alpha value is -1.55. The monoisotopic (exact) mass is 247 g/mol. The minimum Gasteiger partial charge on any atom is -0.355 e. The lowest BCUT2D eigenvalue weighted by molar-refractivity contribution is -0.117. The van der Waals surface area contributed by atoms with Crippen molar-refractivity contribution in [1.29, 1.82) is 0 Å². The summed E-state index contributed by atoms with van der Waals surface area (Å²) in [6.07, 6.45) is 0.859. The zero-order valence-electron chi connectivity index (χ0n) is 11.3. The van der Waals surface area contributed by atoms with Gasteiger partial charge in [0, 0.05) is 12.6 Å². The summed E-state index contributed by atoms with van der Waals surface area (Å²) in [7, 11) is 1.83. The zero-order valence-corrected chi connectivity index (χ0v) is 11.3. The van der Waals surface area contributed by atoms with Crippen molar-refractivity contribution in [3.8, 4) is 0 Å². The van der Waals surface area contributed by atoms with Crippen LogP contribution in [0.25, 0.3) is 0 Å². The molecule has 1 aromatic carbocycles. The smallest absolute Gasteiger partial charge is 0.246 e. The molecule has 0 saturated carbocycles. The van der Waals surface area contributed by atoms with Crippen molar-refractivity contribution < 1.29 is 4.79 Å². The minimum atomic E-state index is -0.109. The van der Waals surface area contributed by atoms with Gasteiger partial charge >= 0.3 is 0 Å². The first-order valence-electron chi connectivity index (χ1n) is 6.30. The average Bonchev–Trinajstić information content (AvgIpc) is 2.33. The molecule has 0 aliphatic carbocycles. The molecule has 98 valence electrons. The third kappa shape index (κ3) is 2.08. The molecule has 0 fully saturated rings. The molecule has 0 radical (unpaired) electrons. The van der Waals surface area contributed by atoms with E-state index in [0.29, 0.717) is 13.1 Å². The molecule has 1 aliphatic heterocycles. The van der Waals surface area contributed by atoms with Crippen molar-refractivity contribution in [1.82, 2.24) is 0 Å². The van der Waals surface area contributed by atoms with Gasteiger partial charge in [0.15, 0.2) is 0 Å². The minimum absolute atomic E-state index is 0.109. The number of nitrogens with two attached hydrogens (primary N) is 1. The van der Waals surface area contributed by atoms with E-state index in [1.807, 2.05) is 25.2 Å². The number of hydrogen-bond acceptors (Lipinski definition) is 3. The fourth-order valence-corrected chi connectivity index (χ4v) is 2.47. The molecular weight excluding hydrogens is 226 g/mol. The number of hydrogen-bond donors (Lipinski definition) is 1. The summed E-state index contributed by atoms with van der Waals surface area (Å²) in [6, 6.07) is 8.02. The van der Waals surface area contributed by atoms with E-state index in [-0.39, 0.29) is 11.4 Å². The highest BCUT2D eigenvalue weighted by Gasteiger charge is 2.34. The maximum absolute atomic E-state index is 12.1. The van der Waals surface area contributed by atoms with E-state index in [9.17, 15) is 4.79 Å². The second kappa shape index (κ2) is 4.61. The summed E-state index contributed by atoms with van der Waals surface area (Å²) in [5, 5.41) is 0. The molecule has 4 nitrogen and oxygen atoms in total. The SMILES string of the molecule is CN1C(=O)CN(C(C)(C)CCN)c2ccccc21. The van der Waals surface area contributed by atoms with Crippen LogP contribution >= 0.6 is 0 Å². The first kappa shape index (κ1) is 12.9. The second-order valence-electron chi connectivity index (χ2n) is 5.38. The lowest BCUT2D eigenvalue weighted by Crippen LogP contribution is -2.53. The molecule has 2 rings (SSSR count). The van der Waals surface area contributed by atoms with Gasteiger partial charge in [-0.05, 0) is 38.9 Å². The van der Waals surface area contributed by atoms with Gasteiger partial charge in [0.1, 0.15) is 0 Å². The third-order valence-electron chi connectivity index (χ3n) is 3.69. The van der Waals surface area contributed by atoms with Crippen LogP contribution in [-0.2, 0) is 4.79 Å². The summed E-state index contributed by atoms with van der Waals surface area (Å²) < 4.78 is 0. The van der Waals surface area contributed by atoms with E-state index in [1.54, 1.807) is 4.90 Å². The molecule has 0 aromatic heterocycles. The first-order chi connectivity index (χ1) is 8.47. The molecule has 4 heteroatoms.